The molecular formula is C23H20ClF2NO3. The SMILES string of the molecule is C=CCOC(=O)C1=C(C)N(Cc2cc(F)cc(F)c2)C(=O)CC1c1ccccc1Cl. The van der Waals surface area contributed by atoms with Crippen LogP contribution in [0, 0.1) is 11.6 Å². The maximum absolute atomic E-state index is 13.6. The molecule has 3 rings (SSSR count). The molecule has 0 bridgehead atoms. The Bertz CT molecular complexity index is 1010. The molecule has 1 heterocycles. The standard InChI is InChI=1S/C23H20ClF2NO3/c1-3-8-30-23(29)22-14(2)27(13-15-9-16(25)11-17(26)10-15)21(28)12-19(22)18-6-4-5-7-20(18)24/h3-7,9-11,19H,1,8,12-13H2,2H3. The third-order valence-corrected chi connectivity index (χ3v) is 5.26. The number of halogens is 3. The van der Waals surface area contributed by atoms with E-state index in [1.807, 2.05) is 0 Å². The fraction of sp³-hybridized carbons (Fsp3) is 0.217. The van der Waals surface area contributed by atoms with Crippen molar-refractivity contribution in [3.63, 3.8) is 0 Å². The van der Waals surface area contributed by atoms with Gasteiger partial charge in [-0.25, -0.2) is 13.6 Å². The van der Waals surface area contributed by atoms with Crippen LogP contribution in [0.5, 0.6) is 0 Å². The molecule has 7 heteroatoms. The number of ether oxygens (including phenoxy) is 1. The molecule has 1 amide bonds. The summed E-state index contributed by atoms with van der Waals surface area (Å²) in [5.41, 5.74) is 1.54. The summed E-state index contributed by atoms with van der Waals surface area (Å²) in [4.78, 5) is 27.1. The molecule has 0 saturated carbocycles. The van der Waals surface area contributed by atoms with Crippen molar-refractivity contribution in [1.29, 1.82) is 0 Å². The van der Waals surface area contributed by atoms with Crippen LogP contribution in [-0.2, 0) is 20.9 Å². The average molecular weight is 432 g/mol. The highest BCUT2D eigenvalue weighted by molar-refractivity contribution is 6.31. The normalized spacial score (nSPS) is 16.6. The van der Waals surface area contributed by atoms with Crippen molar-refractivity contribution in [2.75, 3.05) is 6.61 Å². The van der Waals surface area contributed by atoms with Crippen molar-refractivity contribution >= 4 is 23.5 Å². The average Bonchev–Trinajstić information content (AvgIpc) is 2.68. The molecule has 2 aromatic carbocycles. The van der Waals surface area contributed by atoms with Crippen LogP contribution in [0.15, 0.2) is 66.4 Å². The van der Waals surface area contributed by atoms with Crippen LogP contribution in [0.2, 0.25) is 5.02 Å². The van der Waals surface area contributed by atoms with Gasteiger partial charge in [0.2, 0.25) is 5.91 Å². The highest BCUT2D eigenvalue weighted by atomic mass is 35.5. The quantitative estimate of drug-likeness (QED) is 0.470. The summed E-state index contributed by atoms with van der Waals surface area (Å²) >= 11 is 6.33. The van der Waals surface area contributed by atoms with Gasteiger partial charge in [0.15, 0.2) is 0 Å². The van der Waals surface area contributed by atoms with Gasteiger partial charge in [-0.2, -0.15) is 0 Å². The number of carbonyl (C=O) groups excluding carboxylic acids is 2. The van der Waals surface area contributed by atoms with E-state index in [1.54, 1.807) is 31.2 Å². The van der Waals surface area contributed by atoms with Crippen molar-refractivity contribution in [2.45, 2.75) is 25.8 Å². The number of hydrogen-bond donors (Lipinski definition) is 0. The van der Waals surface area contributed by atoms with Gasteiger partial charge < -0.3 is 9.64 Å². The second kappa shape index (κ2) is 9.22. The topological polar surface area (TPSA) is 46.6 Å². The molecule has 0 spiro atoms. The first-order valence-electron chi connectivity index (χ1n) is 9.30. The fourth-order valence-corrected chi connectivity index (χ4v) is 3.86. The summed E-state index contributed by atoms with van der Waals surface area (Å²) in [6.07, 6.45) is 1.41. The van der Waals surface area contributed by atoms with Crippen LogP contribution in [-0.4, -0.2) is 23.4 Å². The zero-order chi connectivity index (χ0) is 21.8. The number of hydrogen-bond acceptors (Lipinski definition) is 3. The zero-order valence-corrected chi connectivity index (χ0v) is 17.1. The Kier molecular flexibility index (Phi) is 6.67. The van der Waals surface area contributed by atoms with Crippen molar-refractivity contribution < 1.29 is 23.1 Å². The Morgan fingerprint density at radius 1 is 1.27 bits per heavy atom. The Balaban J connectivity index is 2.06. The predicted octanol–water partition coefficient (Wildman–Crippen LogP) is 5.14. The van der Waals surface area contributed by atoms with Gasteiger partial charge in [0.05, 0.1) is 12.1 Å². The first-order chi connectivity index (χ1) is 14.3. The first kappa shape index (κ1) is 21.7. The highest BCUT2D eigenvalue weighted by Crippen LogP contribution is 2.40. The minimum Gasteiger partial charge on any atom is -0.458 e. The number of nitrogens with zero attached hydrogens (tertiary/aromatic N) is 1. The molecule has 0 radical (unpaired) electrons. The number of benzene rings is 2. The van der Waals surface area contributed by atoms with Crippen LogP contribution < -0.4 is 0 Å². The first-order valence-corrected chi connectivity index (χ1v) is 9.68. The summed E-state index contributed by atoms with van der Waals surface area (Å²) in [6, 6.07) is 10.0. The van der Waals surface area contributed by atoms with Crippen molar-refractivity contribution in [1.82, 2.24) is 4.90 Å². The van der Waals surface area contributed by atoms with Crippen LogP contribution in [0.25, 0.3) is 0 Å². The van der Waals surface area contributed by atoms with Crippen LogP contribution >= 0.6 is 11.6 Å². The van der Waals surface area contributed by atoms with E-state index in [0.29, 0.717) is 16.3 Å². The molecule has 2 aromatic rings. The lowest BCUT2D eigenvalue weighted by Crippen LogP contribution is -2.38. The number of amides is 1. The summed E-state index contributed by atoms with van der Waals surface area (Å²) in [5.74, 6) is -2.96. The maximum atomic E-state index is 13.6. The van der Waals surface area contributed by atoms with Gasteiger partial charge in [-0.1, -0.05) is 42.5 Å². The van der Waals surface area contributed by atoms with Crippen LogP contribution in [0.1, 0.15) is 30.4 Å². The lowest BCUT2D eigenvalue weighted by Gasteiger charge is -2.34. The number of rotatable bonds is 6. The van der Waals surface area contributed by atoms with Gasteiger partial charge in [-0.15, -0.1) is 0 Å². The number of esters is 1. The third kappa shape index (κ3) is 4.60. The van der Waals surface area contributed by atoms with Crippen LogP contribution in [0.4, 0.5) is 8.78 Å². The van der Waals surface area contributed by atoms with Gasteiger partial charge in [0, 0.05) is 29.1 Å². The van der Waals surface area contributed by atoms with Crippen LogP contribution in [0.3, 0.4) is 0 Å². The Morgan fingerprint density at radius 2 is 1.93 bits per heavy atom. The highest BCUT2D eigenvalue weighted by Gasteiger charge is 2.37. The van der Waals surface area contributed by atoms with Gasteiger partial charge in [-0.3, -0.25) is 4.79 Å². The zero-order valence-electron chi connectivity index (χ0n) is 16.3. The minimum atomic E-state index is -0.740. The molecule has 0 N–H and O–H groups in total. The molecular weight excluding hydrogens is 412 g/mol. The molecule has 1 aliphatic heterocycles. The summed E-state index contributed by atoms with van der Waals surface area (Å²) in [6.45, 7) is 5.08. The summed E-state index contributed by atoms with van der Waals surface area (Å²) in [5, 5.41) is 0.428. The van der Waals surface area contributed by atoms with E-state index in [-0.39, 0.29) is 36.6 Å². The second-order valence-corrected chi connectivity index (χ2v) is 7.33. The van der Waals surface area contributed by atoms with E-state index < -0.39 is 23.5 Å². The van der Waals surface area contributed by atoms with Gasteiger partial charge >= 0.3 is 5.97 Å². The van der Waals surface area contributed by atoms with Crippen molar-refractivity contribution in [3.05, 3.63) is 94.2 Å². The molecule has 30 heavy (non-hydrogen) atoms. The largest absolute Gasteiger partial charge is 0.458 e. The molecule has 1 aliphatic rings. The number of allylic oxidation sites excluding steroid dienone is 1. The van der Waals surface area contributed by atoms with Gasteiger partial charge in [0.25, 0.3) is 0 Å². The van der Waals surface area contributed by atoms with E-state index in [2.05, 4.69) is 6.58 Å². The monoisotopic (exact) mass is 431 g/mol. The minimum absolute atomic E-state index is 0.00785. The summed E-state index contributed by atoms with van der Waals surface area (Å²) in [7, 11) is 0. The Labute approximate surface area is 178 Å². The van der Waals surface area contributed by atoms with E-state index in [0.717, 1.165) is 18.2 Å². The number of carbonyl (C=O) groups is 2. The molecule has 0 aliphatic carbocycles. The second-order valence-electron chi connectivity index (χ2n) is 6.92. The maximum Gasteiger partial charge on any atom is 0.336 e. The fourth-order valence-electron chi connectivity index (χ4n) is 3.59. The molecule has 4 nitrogen and oxygen atoms in total. The predicted molar refractivity (Wildman–Crippen MR) is 110 cm³/mol. The molecule has 156 valence electrons. The molecule has 0 aromatic heterocycles. The lowest BCUT2D eigenvalue weighted by atomic mass is 9.83. The molecule has 1 unspecified atom stereocenters. The van der Waals surface area contributed by atoms with Gasteiger partial charge in [0.1, 0.15) is 18.2 Å². The third-order valence-electron chi connectivity index (χ3n) is 4.92. The van der Waals surface area contributed by atoms with Crippen molar-refractivity contribution in [2.24, 2.45) is 0 Å². The molecule has 1 atom stereocenters. The van der Waals surface area contributed by atoms with Crippen molar-refractivity contribution in [3.8, 4) is 0 Å². The van der Waals surface area contributed by atoms with E-state index in [4.69, 9.17) is 16.3 Å². The smallest absolute Gasteiger partial charge is 0.336 e. The molecule has 0 saturated heterocycles. The van der Waals surface area contributed by atoms with Gasteiger partial charge in [-0.05, 0) is 36.2 Å². The van der Waals surface area contributed by atoms with E-state index in [9.17, 15) is 18.4 Å². The Morgan fingerprint density at radius 3 is 2.57 bits per heavy atom. The summed E-state index contributed by atoms with van der Waals surface area (Å²) < 4.78 is 32.4. The van der Waals surface area contributed by atoms with E-state index >= 15 is 0 Å². The lowest BCUT2D eigenvalue weighted by molar-refractivity contribution is -0.139. The molecule has 0 fully saturated rings. The Hall–Kier alpha value is -2.99. The van der Waals surface area contributed by atoms with E-state index in [1.165, 1.54) is 11.0 Å².